The molecule has 0 aliphatic rings. The fraction of sp³-hybridized carbons (Fsp3) is 0.895. The number of amides is 1. The van der Waals surface area contributed by atoms with Gasteiger partial charge in [-0.1, -0.05) is 0 Å². The standard InChI is InChI=1S/C19H41N5O2.HI/c1-8-26-14-10-12-21-19(22-15-18(25)23(6)7)20-11-9-13-24(16(2)3)17(4)5;/h16-17H,8-15H2,1-7H3,(H2,20,21,22);1H. The summed E-state index contributed by atoms with van der Waals surface area (Å²) >= 11 is 0. The number of likely N-dealkylation sites (N-methyl/N-ethyl adjacent to an activating group) is 1. The monoisotopic (exact) mass is 499 g/mol. The first-order valence-corrected chi connectivity index (χ1v) is 9.85. The largest absolute Gasteiger partial charge is 0.382 e. The fourth-order valence-corrected chi connectivity index (χ4v) is 2.57. The van der Waals surface area contributed by atoms with Crippen molar-refractivity contribution in [1.29, 1.82) is 0 Å². The number of nitrogens with zero attached hydrogens (tertiary/aromatic N) is 3. The number of carbonyl (C=O) groups is 1. The molecular formula is C19H42IN5O2. The summed E-state index contributed by atoms with van der Waals surface area (Å²) in [4.78, 5) is 20.2. The molecule has 162 valence electrons. The van der Waals surface area contributed by atoms with Crippen LogP contribution in [0.2, 0.25) is 0 Å². The van der Waals surface area contributed by atoms with Crippen molar-refractivity contribution < 1.29 is 9.53 Å². The van der Waals surface area contributed by atoms with Crippen molar-refractivity contribution in [2.45, 2.75) is 59.5 Å². The Balaban J connectivity index is 0. The van der Waals surface area contributed by atoms with Gasteiger partial charge in [-0.3, -0.25) is 9.69 Å². The lowest BCUT2D eigenvalue weighted by atomic mass is 10.2. The quantitative estimate of drug-likeness (QED) is 0.176. The van der Waals surface area contributed by atoms with Gasteiger partial charge in [0.2, 0.25) is 5.91 Å². The molecule has 8 heteroatoms. The molecule has 2 N–H and O–H groups in total. The third kappa shape index (κ3) is 15.0. The maximum Gasteiger partial charge on any atom is 0.243 e. The number of hydrogen-bond acceptors (Lipinski definition) is 4. The Hall–Kier alpha value is -0.610. The Kier molecular flexibility index (Phi) is 18.5. The first-order valence-electron chi connectivity index (χ1n) is 9.85. The van der Waals surface area contributed by atoms with E-state index in [1.54, 1.807) is 19.0 Å². The molecule has 0 atom stereocenters. The molecule has 27 heavy (non-hydrogen) atoms. The van der Waals surface area contributed by atoms with Crippen LogP contribution in [-0.2, 0) is 9.53 Å². The van der Waals surface area contributed by atoms with Crippen LogP contribution in [0, 0.1) is 0 Å². The zero-order chi connectivity index (χ0) is 19.9. The number of rotatable bonds is 13. The van der Waals surface area contributed by atoms with E-state index in [9.17, 15) is 4.79 Å². The van der Waals surface area contributed by atoms with E-state index in [-0.39, 0.29) is 36.4 Å². The minimum Gasteiger partial charge on any atom is -0.382 e. The second-order valence-corrected chi connectivity index (χ2v) is 7.14. The molecule has 0 fully saturated rings. The first-order chi connectivity index (χ1) is 12.3. The summed E-state index contributed by atoms with van der Waals surface area (Å²) in [5.74, 6) is 0.684. The molecule has 0 aliphatic carbocycles. The average Bonchev–Trinajstić information content (AvgIpc) is 2.57. The van der Waals surface area contributed by atoms with Gasteiger partial charge in [0.1, 0.15) is 6.54 Å². The van der Waals surface area contributed by atoms with Gasteiger partial charge < -0.3 is 20.3 Å². The Labute approximate surface area is 183 Å². The molecular weight excluding hydrogens is 457 g/mol. The van der Waals surface area contributed by atoms with E-state index in [4.69, 9.17) is 4.74 Å². The number of ether oxygens (including phenoxy) is 1. The highest BCUT2D eigenvalue weighted by Crippen LogP contribution is 2.05. The van der Waals surface area contributed by atoms with Crippen LogP contribution < -0.4 is 10.6 Å². The van der Waals surface area contributed by atoms with Gasteiger partial charge in [0.05, 0.1) is 0 Å². The topological polar surface area (TPSA) is 69.2 Å². The fourth-order valence-electron chi connectivity index (χ4n) is 2.57. The summed E-state index contributed by atoms with van der Waals surface area (Å²) < 4.78 is 5.35. The maximum atomic E-state index is 11.8. The molecule has 0 bridgehead atoms. The van der Waals surface area contributed by atoms with Crippen molar-refractivity contribution >= 4 is 35.8 Å². The number of aliphatic imine (C=N–C) groups is 1. The van der Waals surface area contributed by atoms with Crippen molar-refractivity contribution in [3.05, 3.63) is 0 Å². The summed E-state index contributed by atoms with van der Waals surface area (Å²) in [5, 5.41) is 6.62. The van der Waals surface area contributed by atoms with Gasteiger partial charge in [-0.2, -0.15) is 0 Å². The Morgan fingerprint density at radius 3 is 2.07 bits per heavy atom. The zero-order valence-electron chi connectivity index (χ0n) is 18.4. The van der Waals surface area contributed by atoms with Crippen LogP contribution in [-0.4, -0.2) is 87.2 Å². The molecule has 0 aromatic heterocycles. The van der Waals surface area contributed by atoms with Gasteiger partial charge in [0, 0.05) is 59.0 Å². The van der Waals surface area contributed by atoms with Gasteiger partial charge >= 0.3 is 0 Å². The number of halogens is 1. The predicted molar refractivity (Wildman–Crippen MR) is 125 cm³/mol. The van der Waals surface area contributed by atoms with E-state index in [2.05, 4.69) is 48.2 Å². The third-order valence-corrected chi connectivity index (χ3v) is 4.05. The van der Waals surface area contributed by atoms with Crippen LogP contribution >= 0.6 is 24.0 Å². The van der Waals surface area contributed by atoms with E-state index in [1.165, 1.54) is 0 Å². The predicted octanol–water partition coefficient (Wildman–Crippen LogP) is 2.16. The smallest absolute Gasteiger partial charge is 0.243 e. The molecule has 0 aromatic rings. The lowest BCUT2D eigenvalue weighted by Gasteiger charge is -2.30. The van der Waals surface area contributed by atoms with E-state index in [0.29, 0.717) is 18.0 Å². The van der Waals surface area contributed by atoms with Gasteiger partial charge in [0.15, 0.2) is 5.96 Å². The molecule has 0 aliphatic heterocycles. The van der Waals surface area contributed by atoms with Crippen LogP contribution in [0.1, 0.15) is 47.5 Å². The molecule has 0 saturated heterocycles. The minimum absolute atomic E-state index is 0. The van der Waals surface area contributed by atoms with Crippen LogP contribution in [0.3, 0.4) is 0 Å². The second-order valence-electron chi connectivity index (χ2n) is 7.14. The van der Waals surface area contributed by atoms with Gasteiger partial charge in [0.25, 0.3) is 0 Å². The molecule has 0 heterocycles. The molecule has 7 nitrogen and oxygen atoms in total. The highest BCUT2D eigenvalue weighted by Gasteiger charge is 2.12. The van der Waals surface area contributed by atoms with E-state index in [0.717, 1.165) is 45.7 Å². The Morgan fingerprint density at radius 1 is 1.04 bits per heavy atom. The van der Waals surface area contributed by atoms with Crippen LogP contribution in [0.25, 0.3) is 0 Å². The van der Waals surface area contributed by atoms with Crippen molar-refractivity contribution in [2.24, 2.45) is 4.99 Å². The summed E-state index contributed by atoms with van der Waals surface area (Å²) in [5.41, 5.74) is 0. The number of hydrogen-bond donors (Lipinski definition) is 2. The highest BCUT2D eigenvalue weighted by molar-refractivity contribution is 14.0. The number of carbonyl (C=O) groups excluding carboxylic acids is 1. The average molecular weight is 499 g/mol. The Morgan fingerprint density at radius 2 is 1.59 bits per heavy atom. The highest BCUT2D eigenvalue weighted by atomic mass is 127. The minimum atomic E-state index is -0.00814. The molecule has 1 amide bonds. The molecule has 0 rings (SSSR count). The zero-order valence-corrected chi connectivity index (χ0v) is 20.7. The van der Waals surface area contributed by atoms with Gasteiger partial charge in [-0.05, 0) is 47.5 Å². The normalized spacial score (nSPS) is 11.7. The molecule has 0 saturated carbocycles. The molecule has 0 spiro atoms. The van der Waals surface area contributed by atoms with Crippen LogP contribution in [0.4, 0.5) is 0 Å². The Bertz CT molecular complexity index is 396. The summed E-state index contributed by atoms with van der Waals surface area (Å²) in [6.07, 6.45) is 1.93. The van der Waals surface area contributed by atoms with Crippen molar-refractivity contribution in [1.82, 2.24) is 20.4 Å². The number of guanidine groups is 1. The van der Waals surface area contributed by atoms with Gasteiger partial charge in [-0.15, -0.1) is 24.0 Å². The maximum absolute atomic E-state index is 11.8. The second kappa shape index (κ2) is 17.5. The van der Waals surface area contributed by atoms with E-state index < -0.39 is 0 Å². The van der Waals surface area contributed by atoms with Crippen LogP contribution in [0.15, 0.2) is 4.99 Å². The third-order valence-electron chi connectivity index (χ3n) is 4.05. The molecule has 0 unspecified atom stereocenters. The van der Waals surface area contributed by atoms with Crippen molar-refractivity contribution in [3.63, 3.8) is 0 Å². The summed E-state index contributed by atoms with van der Waals surface area (Å²) in [7, 11) is 3.49. The SMILES string of the molecule is CCOCCCNC(=NCC(=O)N(C)C)NCCCN(C(C)C)C(C)C.I. The lowest BCUT2D eigenvalue weighted by molar-refractivity contribution is -0.127. The summed E-state index contributed by atoms with van der Waals surface area (Å²) in [6, 6.07) is 1.08. The van der Waals surface area contributed by atoms with Gasteiger partial charge in [-0.25, -0.2) is 4.99 Å². The van der Waals surface area contributed by atoms with Crippen molar-refractivity contribution in [3.8, 4) is 0 Å². The van der Waals surface area contributed by atoms with Crippen molar-refractivity contribution in [2.75, 3.05) is 53.5 Å². The molecule has 0 aromatic carbocycles. The van der Waals surface area contributed by atoms with E-state index >= 15 is 0 Å². The number of nitrogens with one attached hydrogen (secondary N) is 2. The lowest BCUT2D eigenvalue weighted by Crippen LogP contribution is -2.42. The summed E-state index contributed by atoms with van der Waals surface area (Å²) in [6.45, 7) is 15.2. The first kappa shape index (κ1) is 28.6. The van der Waals surface area contributed by atoms with E-state index in [1.807, 2.05) is 6.92 Å². The molecule has 0 radical (unpaired) electrons. The van der Waals surface area contributed by atoms with Crippen LogP contribution in [0.5, 0.6) is 0 Å².